The van der Waals surface area contributed by atoms with Crippen molar-refractivity contribution in [2.45, 2.75) is 31.2 Å². The van der Waals surface area contributed by atoms with E-state index in [4.69, 9.17) is 23.2 Å². The van der Waals surface area contributed by atoms with Gasteiger partial charge in [-0.2, -0.15) is 18.3 Å². The number of alkyl halides is 3. The number of carbonyl (C=O) groups is 1. The lowest BCUT2D eigenvalue weighted by atomic mass is 9.97. The van der Waals surface area contributed by atoms with Gasteiger partial charge in [-0.1, -0.05) is 65.7 Å². The predicted octanol–water partition coefficient (Wildman–Crippen LogP) is 5.78. The van der Waals surface area contributed by atoms with Crippen LogP contribution in [0.2, 0.25) is 10.0 Å². The fourth-order valence-electron chi connectivity index (χ4n) is 3.51. The lowest BCUT2D eigenvalue weighted by molar-refractivity contribution is -0.173. The second-order valence-corrected chi connectivity index (χ2v) is 7.98. The second-order valence-electron chi connectivity index (χ2n) is 7.17. The Hall–Kier alpha value is -2.71. The highest BCUT2D eigenvalue weighted by Gasteiger charge is 2.47. The molecule has 1 aliphatic rings. The molecule has 1 aromatic heterocycles. The standard InChI is InChI=1S/C21H17Cl2F3N4O/c22-14-8-6-12(7-9-14)11-27-20(31)18-17(23)19-28-15(13-4-2-1-3-5-13)10-16(21(24,25)26)30(19)29-18/h1-9,15-16,28H,10-11H2,(H,27,31)/t15-,16+/m1/s1. The Labute approximate surface area is 186 Å². The second kappa shape index (κ2) is 8.43. The minimum Gasteiger partial charge on any atom is -0.362 e. The molecule has 0 bridgehead atoms. The van der Waals surface area contributed by atoms with E-state index in [9.17, 15) is 18.0 Å². The van der Waals surface area contributed by atoms with Gasteiger partial charge in [0, 0.05) is 18.0 Å². The quantitative estimate of drug-likeness (QED) is 0.510. The molecule has 4 rings (SSSR count). The van der Waals surface area contributed by atoms with Crippen molar-refractivity contribution in [3.8, 4) is 0 Å². The first-order chi connectivity index (χ1) is 14.7. The van der Waals surface area contributed by atoms with Crippen LogP contribution in [0.4, 0.5) is 19.0 Å². The van der Waals surface area contributed by atoms with E-state index in [2.05, 4.69) is 15.7 Å². The molecule has 0 saturated carbocycles. The van der Waals surface area contributed by atoms with Crippen molar-refractivity contribution in [1.82, 2.24) is 15.1 Å². The first kappa shape index (κ1) is 21.5. The summed E-state index contributed by atoms with van der Waals surface area (Å²) in [4.78, 5) is 12.6. The molecule has 2 heterocycles. The number of hydrogen-bond donors (Lipinski definition) is 2. The normalized spacial score (nSPS) is 18.2. The smallest absolute Gasteiger partial charge is 0.362 e. The van der Waals surface area contributed by atoms with Crippen LogP contribution >= 0.6 is 23.2 Å². The Bertz CT molecular complexity index is 1080. The molecule has 0 saturated heterocycles. The Morgan fingerprint density at radius 3 is 2.45 bits per heavy atom. The molecule has 0 unspecified atom stereocenters. The van der Waals surface area contributed by atoms with Gasteiger partial charge in [0.2, 0.25) is 0 Å². The zero-order chi connectivity index (χ0) is 22.2. The number of carbonyl (C=O) groups excluding carboxylic acids is 1. The predicted molar refractivity (Wildman–Crippen MR) is 112 cm³/mol. The van der Waals surface area contributed by atoms with E-state index in [0.29, 0.717) is 10.6 Å². The fraction of sp³-hybridized carbons (Fsp3) is 0.238. The number of benzene rings is 2. The van der Waals surface area contributed by atoms with Crippen LogP contribution in [0.1, 0.15) is 40.1 Å². The maximum Gasteiger partial charge on any atom is 0.410 e. The number of fused-ring (bicyclic) bond motifs is 1. The van der Waals surface area contributed by atoms with Crippen LogP contribution in [0.15, 0.2) is 54.6 Å². The highest BCUT2D eigenvalue weighted by atomic mass is 35.5. The van der Waals surface area contributed by atoms with E-state index >= 15 is 0 Å². The highest BCUT2D eigenvalue weighted by molar-refractivity contribution is 6.36. The molecule has 31 heavy (non-hydrogen) atoms. The summed E-state index contributed by atoms with van der Waals surface area (Å²) >= 11 is 12.2. The maximum atomic E-state index is 13.8. The first-order valence-corrected chi connectivity index (χ1v) is 10.2. The minimum atomic E-state index is -4.56. The molecule has 10 heteroatoms. The van der Waals surface area contributed by atoms with Gasteiger partial charge in [0.05, 0.1) is 6.04 Å². The van der Waals surface area contributed by atoms with Crippen molar-refractivity contribution in [2.24, 2.45) is 0 Å². The van der Waals surface area contributed by atoms with Gasteiger partial charge in [-0.25, -0.2) is 4.68 Å². The van der Waals surface area contributed by atoms with Gasteiger partial charge in [-0.3, -0.25) is 4.79 Å². The molecule has 2 aromatic carbocycles. The first-order valence-electron chi connectivity index (χ1n) is 9.43. The number of nitrogens with one attached hydrogen (secondary N) is 2. The van der Waals surface area contributed by atoms with Crippen molar-refractivity contribution < 1.29 is 18.0 Å². The summed E-state index contributed by atoms with van der Waals surface area (Å²) in [6.07, 6.45) is -4.83. The van der Waals surface area contributed by atoms with Gasteiger partial charge in [0.15, 0.2) is 11.7 Å². The van der Waals surface area contributed by atoms with Gasteiger partial charge in [-0.15, -0.1) is 0 Å². The minimum absolute atomic E-state index is 0.0271. The number of nitrogens with zero attached hydrogens (tertiary/aromatic N) is 2. The van der Waals surface area contributed by atoms with E-state index in [1.807, 2.05) is 0 Å². The summed E-state index contributed by atoms with van der Waals surface area (Å²) in [5.41, 5.74) is 1.20. The number of halogens is 5. The van der Waals surface area contributed by atoms with Crippen molar-refractivity contribution in [3.63, 3.8) is 0 Å². The lowest BCUT2D eigenvalue weighted by Crippen LogP contribution is -2.35. The fourth-order valence-corrected chi connectivity index (χ4v) is 3.90. The maximum absolute atomic E-state index is 13.8. The Morgan fingerprint density at radius 2 is 1.81 bits per heavy atom. The average Bonchev–Trinajstić information content (AvgIpc) is 3.09. The SMILES string of the molecule is O=C(NCc1ccc(Cl)cc1)c1nn2c(c1Cl)N[C@@H](c1ccccc1)C[C@H]2C(F)(F)F. The summed E-state index contributed by atoms with van der Waals surface area (Å²) in [6, 6.07) is 13.0. The van der Waals surface area contributed by atoms with E-state index < -0.39 is 24.2 Å². The molecule has 1 aliphatic heterocycles. The van der Waals surface area contributed by atoms with E-state index in [0.717, 1.165) is 10.2 Å². The molecule has 2 atom stereocenters. The monoisotopic (exact) mass is 468 g/mol. The zero-order valence-corrected chi connectivity index (χ0v) is 17.5. The Kier molecular flexibility index (Phi) is 5.85. The summed E-state index contributed by atoms with van der Waals surface area (Å²) in [7, 11) is 0. The van der Waals surface area contributed by atoms with Crippen LogP contribution in [0.5, 0.6) is 0 Å². The molecule has 2 N–H and O–H groups in total. The summed E-state index contributed by atoms with van der Waals surface area (Å²) < 4.78 is 42.2. The van der Waals surface area contributed by atoms with Crippen LogP contribution in [0, 0.1) is 0 Å². The van der Waals surface area contributed by atoms with E-state index in [1.165, 1.54) is 0 Å². The average molecular weight is 469 g/mol. The third-order valence-corrected chi connectivity index (χ3v) is 5.69. The van der Waals surface area contributed by atoms with Gasteiger partial charge >= 0.3 is 6.18 Å². The van der Waals surface area contributed by atoms with Crippen molar-refractivity contribution in [2.75, 3.05) is 5.32 Å². The molecule has 3 aromatic rings. The number of anilines is 1. The van der Waals surface area contributed by atoms with E-state index in [-0.39, 0.29) is 29.5 Å². The lowest BCUT2D eigenvalue weighted by Gasteiger charge is -2.33. The number of amides is 1. The van der Waals surface area contributed by atoms with Crippen LogP contribution in [-0.4, -0.2) is 21.9 Å². The summed E-state index contributed by atoms with van der Waals surface area (Å²) in [5.74, 6) is -0.693. The Morgan fingerprint density at radius 1 is 1.13 bits per heavy atom. The molecule has 0 radical (unpaired) electrons. The molecule has 0 spiro atoms. The molecule has 0 aliphatic carbocycles. The van der Waals surface area contributed by atoms with Gasteiger partial charge in [-0.05, 0) is 23.3 Å². The molecule has 162 valence electrons. The zero-order valence-electron chi connectivity index (χ0n) is 16.0. The molecular weight excluding hydrogens is 452 g/mol. The van der Waals surface area contributed by atoms with Crippen LogP contribution in [0.25, 0.3) is 0 Å². The third kappa shape index (κ3) is 4.50. The number of rotatable bonds is 4. The van der Waals surface area contributed by atoms with E-state index in [1.54, 1.807) is 54.6 Å². The number of aromatic nitrogens is 2. The molecule has 5 nitrogen and oxygen atoms in total. The summed E-state index contributed by atoms with van der Waals surface area (Å²) in [6.45, 7) is 0.150. The van der Waals surface area contributed by atoms with Crippen molar-refractivity contribution in [1.29, 1.82) is 0 Å². The number of hydrogen-bond acceptors (Lipinski definition) is 3. The van der Waals surface area contributed by atoms with Gasteiger partial charge in [0.1, 0.15) is 10.8 Å². The summed E-state index contributed by atoms with van der Waals surface area (Å²) in [5, 5.41) is 9.97. The highest BCUT2D eigenvalue weighted by Crippen LogP contribution is 2.46. The molecule has 0 fully saturated rings. The topological polar surface area (TPSA) is 59.0 Å². The van der Waals surface area contributed by atoms with Crippen molar-refractivity contribution in [3.05, 3.63) is 81.5 Å². The van der Waals surface area contributed by atoms with Crippen LogP contribution < -0.4 is 10.6 Å². The molecular formula is C21H17Cl2F3N4O. The van der Waals surface area contributed by atoms with Crippen LogP contribution in [0.3, 0.4) is 0 Å². The largest absolute Gasteiger partial charge is 0.410 e. The Balaban J connectivity index is 1.62. The molecule has 1 amide bonds. The van der Waals surface area contributed by atoms with Gasteiger partial charge < -0.3 is 10.6 Å². The van der Waals surface area contributed by atoms with Gasteiger partial charge in [0.25, 0.3) is 5.91 Å². The van der Waals surface area contributed by atoms with Crippen molar-refractivity contribution >= 4 is 34.9 Å². The van der Waals surface area contributed by atoms with Crippen LogP contribution in [-0.2, 0) is 6.54 Å². The third-order valence-electron chi connectivity index (χ3n) is 5.08.